The molecule has 2 aliphatic rings. The van der Waals surface area contributed by atoms with Gasteiger partial charge in [0.1, 0.15) is 11.9 Å². The Hall–Kier alpha value is -0.910. The van der Waals surface area contributed by atoms with Gasteiger partial charge in [0.25, 0.3) is 0 Å². The molecule has 3 atom stereocenters. The molecule has 4 nitrogen and oxygen atoms in total. The molecule has 19 heavy (non-hydrogen) atoms. The van der Waals surface area contributed by atoms with Crippen LogP contribution in [0.5, 0.6) is 5.75 Å². The number of fused-ring (bicyclic) bond motifs is 2. The number of ketones is 1. The number of Topliss-reactive ketones (excluding diaryl/α,β-unsaturated/α-hetero) is 1. The molecule has 3 unspecified atom stereocenters. The van der Waals surface area contributed by atoms with Gasteiger partial charge in [0.15, 0.2) is 12.1 Å². The van der Waals surface area contributed by atoms with Crippen molar-refractivity contribution in [3.05, 3.63) is 28.2 Å². The van der Waals surface area contributed by atoms with Crippen LogP contribution in [0.1, 0.15) is 23.7 Å². The van der Waals surface area contributed by atoms with Gasteiger partial charge in [-0.1, -0.05) is 15.9 Å². The molecule has 0 spiro atoms. The lowest BCUT2D eigenvalue weighted by Crippen LogP contribution is -2.47. The lowest BCUT2D eigenvalue weighted by atomic mass is 9.87. The Bertz CT molecular complexity index is 502. The van der Waals surface area contributed by atoms with Crippen molar-refractivity contribution in [2.75, 3.05) is 13.2 Å². The fourth-order valence-corrected chi connectivity index (χ4v) is 2.94. The first-order chi connectivity index (χ1) is 9.19. The molecular formula is C14H15BrO4. The molecule has 1 aromatic carbocycles. The highest BCUT2D eigenvalue weighted by Crippen LogP contribution is 2.37. The van der Waals surface area contributed by atoms with E-state index in [4.69, 9.17) is 14.2 Å². The summed E-state index contributed by atoms with van der Waals surface area (Å²) < 4.78 is 17.8. The number of hydrogen-bond acceptors (Lipinski definition) is 4. The third kappa shape index (κ3) is 2.42. The van der Waals surface area contributed by atoms with Gasteiger partial charge < -0.3 is 14.2 Å². The minimum atomic E-state index is -0.268. The first-order valence-electron chi connectivity index (χ1n) is 6.42. The Morgan fingerprint density at radius 2 is 2.32 bits per heavy atom. The summed E-state index contributed by atoms with van der Waals surface area (Å²) in [6.45, 7) is 2.88. The van der Waals surface area contributed by atoms with Crippen molar-refractivity contribution in [2.24, 2.45) is 5.92 Å². The maximum atomic E-state index is 12.4. The molecule has 102 valence electrons. The average Bonchev–Trinajstić information content (AvgIpc) is 2.40. The number of ether oxygens (including phenoxy) is 3. The van der Waals surface area contributed by atoms with E-state index in [1.54, 1.807) is 0 Å². The van der Waals surface area contributed by atoms with Crippen LogP contribution in [-0.4, -0.2) is 31.4 Å². The SMILES string of the molecule is CCOC1CC2Oc3ccc(Br)cc3C(=O)C2CO1. The van der Waals surface area contributed by atoms with Gasteiger partial charge in [0.2, 0.25) is 0 Å². The zero-order valence-corrected chi connectivity index (χ0v) is 12.2. The van der Waals surface area contributed by atoms with E-state index in [-0.39, 0.29) is 24.1 Å². The Morgan fingerprint density at radius 3 is 3.11 bits per heavy atom. The molecule has 2 heterocycles. The smallest absolute Gasteiger partial charge is 0.175 e. The van der Waals surface area contributed by atoms with Gasteiger partial charge in [-0.05, 0) is 25.1 Å². The molecule has 2 aliphatic heterocycles. The fourth-order valence-electron chi connectivity index (χ4n) is 2.58. The fraction of sp³-hybridized carbons (Fsp3) is 0.500. The molecule has 0 aromatic heterocycles. The maximum absolute atomic E-state index is 12.4. The van der Waals surface area contributed by atoms with Gasteiger partial charge in [-0.2, -0.15) is 0 Å². The third-order valence-corrected chi connectivity index (χ3v) is 4.00. The molecule has 0 amide bonds. The topological polar surface area (TPSA) is 44.8 Å². The van der Waals surface area contributed by atoms with Gasteiger partial charge in [0, 0.05) is 17.5 Å². The van der Waals surface area contributed by atoms with Crippen LogP contribution in [0.2, 0.25) is 0 Å². The van der Waals surface area contributed by atoms with Crippen LogP contribution in [0, 0.1) is 5.92 Å². The number of benzene rings is 1. The monoisotopic (exact) mass is 326 g/mol. The lowest BCUT2D eigenvalue weighted by Gasteiger charge is -2.38. The summed E-state index contributed by atoms with van der Waals surface area (Å²) in [4.78, 5) is 12.4. The molecule has 0 bridgehead atoms. The molecule has 0 aliphatic carbocycles. The summed E-state index contributed by atoms with van der Waals surface area (Å²) in [6.07, 6.45) is 0.183. The number of hydrogen-bond donors (Lipinski definition) is 0. The first kappa shape index (κ1) is 13.1. The van der Waals surface area contributed by atoms with Gasteiger partial charge in [-0.25, -0.2) is 0 Å². The van der Waals surface area contributed by atoms with Crippen LogP contribution in [0.4, 0.5) is 0 Å². The van der Waals surface area contributed by atoms with Gasteiger partial charge in [0.05, 0.1) is 18.1 Å². The Morgan fingerprint density at radius 1 is 1.47 bits per heavy atom. The van der Waals surface area contributed by atoms with Crippen molar-refractivity contribution in [3.63, 3.8) is 0 Å². The van der Waals surface area contributed by atoms with E-state index < -0.39 is 0 Å². The highest BCUT2D eigenvalue weighted by atomic mass is 79.9. The predicted octanol–water partition coefficient (Wildman–Crippen LogP) is 2.79. The van der Waals surface area contributed by atoms with E-state index in [0.717, 1.165) is 4.47 Å². The zero-order chi connectivity index (χ0) is 13.4. The van der Waals surface area contributed by atoms with E-state index >= 15 is 0 Å². The second kappa shape index (κ2) is 5.23. The van der Waals surface area contributed by atoms with Crippen LogP contribution in [0.25, 0.3) is 0 Å². The number of carbonyl (C=O) groups is 1. The minimum absolute atomic E-state index is 0.0995. The summed E-state index contributed by atoms with van der Waals surface area (Å²) in [5, 5.41) is 0. The van der Waals surface area contributed by atoms with Crippen LogP contribution in [-0.2, 0) is 9.47 Å². The highest BCUT2D eigenvalue weighted by molar-refractivity contribution is 9.10. The average molecular weight is 327 g/mol. The second-order valence-corrected chi connectivity index (χ2v) is 5.64. The largest absolute Gasteiger partial charge is 0.489 e. The molecule has 0 radical (unpaired) electrons. The first-order valence-corrected chi connectivity index (χ1v) is 7.22. The van der Waals surface area contributed by atoms with Crippen LogP contribution < -0.4 is 4.74 Å². The normalized spacial score (nSPS) is 29.4. The molecule has 0 saturated carbocycles. The summed E-state index contributed by atoms with van der Waals surface area (Å²) in [5.74, 6) is 0.535. The van der Waals surface area contributed by atoms with Crippen LogP contribution in [0.15, 0.2) is 22.7 Å². The summed E-state index contributed by atoms with van der Waals surface area (Å²) in [7, 11) is 0. The van der Waals surface area contributed by atoms with Crippen molar-refractivity contribution in [1.29, 1.82) is 0 Å². The van der Waals surface area contributed by atoms with E-state index in [9.17, 15) is 4.79 Å². The molecule has 3 rings (SSSR count). The van der Waals surface area contributed by atoms with Gasteiger partial charge in [-0.3, -0.25) is 4.79 Å². The molecule has 0 N–H and O–H groups in total. The zero-order valence-electron chi connectivity index (χ0n) is 10.6. The number of halogens is 1. The van der Waals surface area contributed by atoms with Crippen LogP contribution >= 0.6 is 15.9 Å². The third-order valence-electron chi connectivity index (χ3n) is 3.51. The molecule has 1 saturated heterocycles. The Kier molecular flexibility index (Phi) is 3.60. The van der Waals surface area contributed by atoms with Gasteiger partial charge >= 0.3 is 0 Å². The van der Waals surface area contributed by atoms with Crippen molar-refractivity contribution in [3.8, 4) is 5.75 Å². The van der Waals surface area contributed by atoms with E-state index in [2.05, 4.69) is 15.9 Å². The quantitative estimate of drug-likeness (QED) is 0.838. The van der Waals surface area contributed by atoms with Gasteiger partial charge in [-0.15, -0.1) is 0 Å². The van der Waals surface area contributed by atoms with Crippen molar-refractivity contribution >= 4 is 21.7 Å². The molecular weight excluding hydrogens is 312 g/mol. The molecule has 1 aromatic rings. The van der Waals surface area contributed by atoms with E-state index in [1.165, 1.54) is 0 Å². The number of carbonyl (C=O) groups excluding carboxylic acids is 1. The van der Waals surface area contributed by atoms with Crippen molar-refractivity contribution in [2.45, 2.75) is 25.7 Å². The Balaban J connectivity index is 1.85. The standard InChI is InChI=1S/C14H15BrO4/c1-2-17-13-6-12-10(7-18-13)14(16)9-5-8(15)3-4-11(9)19-12/h3-5,10,12-13H,2,6-7H2,1H3. The van der Waals surface area contributed by atoms with Crippen LogP contribution in [0.3, 0.4) is 0 Å². The lowest BCUT2D eigenvalue weighted by molar-refractivity contribution is -0.191. The number of rotatable bonds is 2. The van der Waals surface area contributed by atoms with E-state index in [1.807, 2.05) is 25.1 Å². The maximum Gasteiger partial charge on any atom is 0.175 e. The van der Waals surface area contributed by atoms with Crippen molar-refractivity contribution in [1.82, 2.24) is 0 Å². The minimum Gasteiger partial charge on any atom is -0.489 e. The summed E-state index contributed by atoms with van der Waals surface area (Å²) in [5.41, 5.74) is 0.633. The molecule has 5 heteroatoms. The summed E-state index contributed by atoms with van der Waals surface area (Å²) in [6, 6.07) is 5.52. The van der Waals surface area contributed by atoms with E-state index in [0.29, 0.717) is 30.9 Å². The highest BCUT2D eigenvalue weighted by Gasteiger charge is 2.42. The Labute approximate surface area is 120 Å². The predicted molar refractivity (Wildman–Crippen MR) is 72.4 cm³/mol. The summed E-state index contributed by atoms with van der Waals surface area (Å²) >= 11 is 3.38. The molecule has 1 fully saturated rings. The second-order valence-electron chi connectivity index (χ2n) is 4.72. The van der Waals surface area contributed by atoms with Crippen molar-refractivity contribution < 1.29 is 19.0 Å².